The van der Waals surface area contributed by atoms with E-state index in [0.717, 1.165) is 51.7 Å². The Morgan fingerprint density at radius 3 is 2.17 bits per heavy atom. The number of amides is 3. The molecule has 3 amide bonds. The highest BCUT2D eigenvalue weighted by Crippen LogP contribution is 2.20. The molecule has 166 valence electrons. The van der Waals surface area contributed by atoms with E-state index in [4.69, 9.17) is 4.74 Å². The van der Waals surface area contributed by atoms with Gasteiger partial charge in [0.1, 0.15) is 5.60 Å². The highest BCUT2D eigenvalue weighted by molar-refractivity contribution is 5.74. The van der Waals surface area contributed by atoms with E-state index in [1.165, 1.54) is 5.56 Å². The van der Waals surface area contributed by atoms with E-state index < -0.39 is 5.60 Å². The van der Waals surface area contributed by atoms with Crippen molar-refractivity contribution in [1.29, 1.82) is 0 Å². The maximum atomic E-state index is 12.4. The monoisotopic (exact) mass is 416 g/mol. The van der Waals surface area contributed by atoms with Crippen molar-refractivity contribution in [2.24, 2.45) is 0 Å². The van der Waals surface area contributed by atoms with Crippen LogP contribution in [0.5, 0.6) is 0 Å². The van der Waals surface area contributed by atoms with Crippen molar-refractivity contribution in [3.05, 3.63) is 35.9 Å². The minimum Gasteiger partial charge on any atom is -0.444 e. The Kier molecular flexibility index (Phi) is 7.58. The Labute approximate surface area is 179 Å². The first-order valence-corrected chi connectivity index (χ1v) is 11.1. The van der Waals surface area contributed by atoms with Gasteiger partial charge in [0.25, 0.3) is 0 Å². The van der Waals surface area contributed by atoms with Gasteiger partial charge in [-0.25, -0.2) is 9.59 Å². The van der Waals surface area contributed by atoms with Gasteiger partial charge in [0, 0.05) is 37.8 Å². The minimum absolute atomic E-state index is 0.0786. The van der Waals surface area contributed by atoms with Crippen molar-refractivity contribution in [2.75, 3.05) is 13.1 Å². The summed E-state index contributed by atoms with van der Waals surface area (Å²) in [6, 6.07) is 10.8. The van der Waals surface area contributed by atoms with Gasteiger partial charge in [0.05, 0.1) is 0 Å². The predicted octanol–water partition coefficient (Wildman–Crippen LogP) is 3.40. The number of nitrogens with one attached hydrogen (secondary N) is 3. The van der Waals surface area contributed by atoms with Gasteiger partial charge in [0.2, 0.25) is 0 Å². The minimum atomic E-state index is -0.488. The molecule has 1 saturated carbocycles. The molecular formula is C23H36N4O3. The number of carbonyl (C=O) groups is 2. The summed E-state index contributed by atoms with van der Waals surface area (Å²) in [7, 11) is 0. The van der Waals surface area contributed by atoms with Crippen LogP contribution in [0.25, 0.3) is 0 Å². The van der Waals surface area contributed by atoms with Gasteiger partial charge in [-0.3, -0.25) is 4.90 Å². The molecule has 2 fully saturated rings. The normalized spacial score (nSPS) is 24.8. The molecule has 30 heavy (non-hydrogen) atoms. The van der Waals surface area contributed by atoms with Gasteiger partial charge in [-0.1, -0.05) is 30.3 Å². The number of urea groups is 1. The summed E-state index contributed by atoms with van der Waals surface area (Å²) < 4.78 is 5.32. The second-order valence-electron chi connectivity index (χ2n) is 9.52. The molecule has 0 aromatic heterocycles. The molecular weight excluding hydrogens is 380 g/mol. The third-order valence-electron chi connectivity index (χ3n) is 5.64. The molecule has 1 saturated heterocycles. The van der Waals surface area contributed by atoms with Crippen LogP contribution in [0, 0.1) is 0 Å². The first-order chi connectivity index (χ1) is 14.3. The van der Waals surface area contributed by atoms with Gasteiger partial charge in [-0.05, 0) is 58.4 Å². The first kappa shape index (κ1) is 22.4. The van der Waals surface area contributed by atoms with Crippen molar-refractivity contribution in [1.82, 2.24) is 20.9 Å². The van der Waals surface area contributed by atoms with Crippen LogP contribution >= 0.6 is 0 Å². The highest BCUT2D eigenvalue weighted by Gasteiger charge is 2.27. The van der Waals surface area contributed by atoms with Crippen LogP contribution < -0.4 is 16.0 Å². The molecule has 1 aliphatic carbocycles. The number of alkyl carbamates (subject to hydrolysis) is 1. The number of carbonyl (C=O) groups excluding carboxylic acids is 2. The number of nitrogens with zero attached hydrogens (tertiary/aromatic N) is 1. The number of benzene rings is 1. The molecule has 1 atom stereocenters. The van der Waals surface area contributed by atoms with E-state index in [1.807, 2.05) is 26.8 Å². The van der Waals surface area contributed by atoms with Crippen molar-refractivity contribution >= 4 is 12.1 Å². The SMILES string of the molecule is CC(C)(C)OC(=O)NC1CCC(NC(=O)NC2CCN(Cc3ccccc3)C2)CC1. The van der Waals surface area contributed by atoms with Crippen molar-refractivity contribution in [3.8, 4) is 0 Å². The van der Waals surface area contributed by atoms with Crippen molar-refractivity contribution in [3.63, 3.8) is 0 Å². The molecule has 7 nitrogen and oxygen atoms in total. The van der Waals surface area contributed by atoms with Gasteiger partial charge < -0.3 is 20.7 Å². The van der Waals surface area contributed by atoms with E-state index in [0.29, 0.717) is 0 Å². The lowest BCUT2D eigenvalue weighted by Crippen LogP contribution is -2.49. The lowest BCUT2D eigenvalue weighted by atomic mass is 9.91. The number of ether oxygens (including phenoxy) is 1. The van der Waals surface area contributed by atoms with Gasteiger partial charge in [-0.2, -0.15) is 0 Å². The van der Waals surface area contributed by atoms with E-state index in [1.54, 1.807) is 0 Å². The van der Waals surface area contributed by atoms with Crippen LogP contribution in [-0.4, -0.2) is 53.8 Å². The fourth-order valence-corrected chi connectivity index (χ4v) is 4.20. The van der Waals surface area contributed by atoms with Crippen LogP contribution in [0.4, 0.5) is 9.59 Å². The number of hydrogen-bond donors (Lipinski definition) is 3. The predicted molar refractivity (Wildman–Crippen MR) is 117 cm³/mol. The number of rotatable bonds is 5. The molecule has 3 N–H and O–H groups in total. The van der Waals surface area contributed by atoms with E-state index in [2.05, 4.69) is 45.1 Å². The maximum Gasteiger partial charge on any atom is 0.407 e. The quantitative estimate of drug-likeness (QED) is 0.687. The average Bonchev–Trinajstić information content (AvgIpc) is 3.09. The number of hydrogen-bond acceptors (Lipinski definition) is 4. The van der Waals surface area contributed by atoms with Gasteiger partial charge in [-0.15, -0.1) is 0 Å². The second kappa shape index (κ2) is 10.2. The molecule has 0 spiro atoms. The molecule has 0 radical (unpaired) electrons. The van der Waals surface area contributed by atoms with E-state index >= 15 is 0 Å². The molecule has 1 aromatic carbocycles. The summed E-state index contributed by atoms with van der Waals surface area (Å²) in [4.78, 5) is 26.7. The Morgan fingerprint density at radius 1 is 0.933 bits per heavy atom. The summed E-state index contributed by atoms with van der Waals surface area (Å²) in [6.07, 6.45) is 4.03. The van der Waals surface area contributed by atoms with Gasteiger partial charge >= 0.3 is 12.1 Å². The van der Waals surface area contributed by atoms with Crippen molar-refractivity contribution < 1.29 is 14.3 Å². The standard InChI is InChI=1S/C23H36N4O3/c1-23(2,3)30-22(29)26-19-11-9-18(10-12-19)24-21(28)25-20-13-14-27(16-20)15-17-7-5-4-6-8-17/h4-8,18-20H,9-16H2,1-3H3,(H,26,29)(H2,24,25,28). The van der Waals surface area contributed by atoms with E-state index in [9.17, 15) is 9.59 Å². The lowest BCUT2D eigenvalue weighted by Gasteiger charge is -2.30. The second-order valence-corrected chi connectivity index (χ2v) is 9.52. The third-order valence-corrected chi connectivity index (χ3v) is 5.64. The zero-order chi connectivity index (χ0) is 21.6. The smallest absolute Gasteiger partial charge is 0.407 e. The first-order valence-electron chi connectivity index (χ1n) is 11.1. The Morgan fingerprint density at radius 2 is 1.53 bits per heavy atom. The molecule has 1 aliphatic heterocycles. The summed E-state index contributed by atoms with van der Waals surface area (Å²) in [5.41, 5.74) is 0.817. The topological polar surface area (TPSA) is 82.7 Å². The fourth-order valence-electron chi connectivity index (χ4n) is 4.20. The molecule has 1 aromatic rings. The molecule has 2 aliphatic rings. The zero-order valence-electron chi connectivity index (χ0n) is 18.4. The summed E-state index contributed by atoms with van der Waals surface area (Å²) in [5.74, 6) is 0. The Balaban J connectivity index is 1.32. The van der Waals surface area contributed by atoms with Crippen LogP contribution in [0.15, 0.2) is 30.3 Å². The van der Waals surface area contributed by atoms with Crippen LogP contribution in [0.1, 0.15) is 58.4 Å². The van der Waals surface area contributed by atoms with E-state index in [-0.39, 0.29) is 30.2 Å². The number of likely N-dealkylation sites (tertiary alicyclic amines) is 1. The summed E-state index contributed by atoms with van der Waals surface area (Å²) in [5, 5.41) is 9.18. The van der Waals surface area contributed by atoms with Crippen LogP contribution in [0.3, 0.4) is 0 Å². The fraction of sp³-hybridized carbons (Fsp3) is 0.652. The summed E-state index contributed by atoms with van der Waals surface area (Å²) >= 11 is 0. The molecule has 3 rings (SSSR count). The lowest BCUT2D eigenvalue weighted by molar-refractivity contribution is 0.0490. The Bertz CT molecular complexity index is 696. The molecule has 7 heteroatoms. The molecule has 1 unspecified atom stereocenters. The van der Waals surface area contributed by atoms with Crippen LogP contribution in [0.2, 0.25) is 0 Å². The third kappa shape index (κ3) is 7.52. The molecule has 1 heterocycles. The van der Waals surface area contributed by atoms with Gasteiger partial charge in [0.15, 0.2) is 0 Å². The molecule has 0 bridgehead atoms. The van der Waals surface area contributed by atoms with Crippen molar-refractivity contribution in [2.45, 2.75) is 83.1 Å². The highest BCUT2D eigenvalue weighted by atomic mass is 16.6. The Hall–Kier alpha value is -2.28. The maximum absolute atomic E-state index is 12.4. The van der Waals surface area contributed by atoms with Crippen LogP contribution in [-0.2, 0) is 11.3 Å². The largest absolute Gasteiger partial charge is 0.444 e. The average molecular weight is 417 g/mol. The zero-order valence-corrected chi connectivity index (χ0v) is 18.4. The summed E-state index contributed by atoms with van der Waals surface area (Å²) in [6.45, 7) is 8.39.